The van der Waals surface area contributed by atoms with Crippen LogP contribution < -0.4 is 10.5 Å². The number of benzene rings is 1. The molecule has 0 unspecified atom stereocenters. The highest BCUT2D eigenvalue weighted by molar-refractivity contribution is 5.50. The molecule has 0 aliphatic heterocycles. The SMILES string of the molecule is CCOc1c(C2(N)CC2)ccc(C)c1C. The fourth-order valence-corrected chi connectivity index (χ4v) is 1.92. The normalized spacial score (nSPS) is 17.6. The van der Waals surface area contributed by atoms with Gasteiger partial charge in [0.1, 0.15) is 5.75 Å². The molecule has 2 nitrogen and oxygen atoms in total. The molecule has 0 radical (unpaired) electrons. The predicted molar refractivity (Wildman–Crippen MR) is 62.2 cm³/mol. The van der Waals surface area contributed by atoms with Gasteiger partial charge in [0.15, 0.2) is 0 Å². The van der Waals surface area contributed by atoms with E-state index < -0.39 is 0 Å². The van der Waals surface area contributed by atoms with Gasteiger partial charge in [-0.05, 0) is 44.7 Å². The van der Waals surface area contributed by atoms with Crippen molar-refractivity contribution in [3.8, 4) is 5.75 Å². The number of hydrogen-bond donors (Lipinski definition) is 1. The van der Waals surface area contributed by atoms with Gasteiger partial charge in [0.2, 0.25) is 0 Å². The van der Waals surface area contributed by atoms with Crippen LogP contribution in [0.25, 0.3) is 0 Å². The maximum atomic E-state index is 6.24. The van der Waals surface area contributed by atoms with Crippen LogP contribution in [0.5, 0.6) is 5.75 Å². The molecule has 1 aromatic carbocycles. The van der Waals surface area contributed by atoms with Gasteiger partial charge in [-0.25, -0.2) is 0 Å². The van der Waals surface area contributed by atoms with E-state index >= 15 is 0 Å². The third kappa shape index (κ3) is 1.74. The van der Waals surface area contributed by atoms with Gasteiger partial charge in [0.25, 0.3) is 0 Å². The van der Waals surface area contributed by atoms with E-state index in [9.17, 15) is 0 Å². The molecular formula is C13H19NO. The highest BCUT2D eigenvalue weighted by atomic mass is 16.5. The van der Waals surface area contributed by atoms with Crippen molar-refractivity contribution in [3.05, 3.63) is 28.8 Å². The van der Waals surface area contributed by atoms with Crippen LogP contribution in [-0.2, 0) is 5.54 Å². The molecule has 0 saturated heterocycles. The minimum absolute atomic E-state index is 0.108. The Bertz CT molecular complexity index is 380. The van der Waals surface area contributed by atoms with Gasteiger partial charge in [0.05, 0.1) is 6.61 Å². The Morgan fingerprint density at radius 2 is 2.00 bits per heavy atom. The molecule has 0 atom stereocenters. The summed E-state index contributed by atoms with van der Waals surface area (Å²) in [5, 5.41) is 0. The van der Waals surface area contributed by atoms with Gasteiger partial charge >= 0.3 is 0 Å². The first kappa shape index (κ1) is 10.5. The van der Waals surface area contributed by atoms with E-state index in [0.717, 1.165) is 18.6 Å². The van der Waals surface area contributed by atoms with E-state index in [1.165, 1.54) is 16.7 Å². The molecule has 1 aliphatic carbocycles. The van der Waals surface area contributed by atoms with Crippen LogP contribution >= 0.6 is 0 Å². The minimum Gasteiger partial charge on any atom is -0.493 e. The van der Waals surface area contributed by atoms with Gasteiger partial charge in [-0.2, -0.15) is 0 Å². The zero-order chi connectivity index (χ0) is 11.1. The zero-order valence-electron chi connectivity index (χ0n) is 9.76. The smallest absolute Gasteiger partial charge is 0.127 e. The van der Waals surface area contributed by atoms with Crippen molar-refractivity contribution in [2.24, 2.45) is 5.73 Å². The zero-order valence-corrected chi connectivity index (χ0v) is 9.76. The molecule has 2 rings (SSSR count). The highest BCUT2D eigenvalue weighted by Gasteiger charge is 2.42. The molecule has 1 fully saturated rings. The summed E-state index contributed by atoms with van der Waals surface area (Å²) in [5.41, 5.74) is 9.81. The maximum absolute atomic E-state index is 6.24. The van der Waals surface area contributed by atoms with Crippen molar-refractivity contribution in [2.75, 3.05) is 6.61 Å². The van der Waals surface area contributed by atoms with Crippen LogP contribution in [0, 0.1) is 13.8 Å². The van der Waals surface area contributed by atoms with Gasteiger partial charge in [-0.15, -0.1) is 0 Å². The first-order valence-corrected chi connectivity index (χ1v) is 5.61. The molecule has 0 bridgehead atoms. The summed E-state index contributed by atoms with van der Waals surface area (Å²) >= 11 is 0. The summed E-state index contributed by atoms with van der Waals surface area (Å²) in [5.74, 6) is 1.01. The second-order valence-electron chi connectivity index (χ2n) is 4.47. The number of aryl methyl sites for hydroxylation is 1. The minimum atomic E-state index is -0.108. The van der Waals surface area contributed by atoms with Crippen LogP contribution in [0.1, 0.15) is 36.5 Å². The maximum Gasteiger partial charge on any atom is 0.127 e. The average Bonchev–Trinajstić information content (AvgIpc) is 2.93. The molecule has 0 aromatic heterocycles. The molecule has 1 aliphatic rings. The molecule has 2 N–H and O–H groups in total. The number of hydrogen-bond acceptors (Lipinski definition) is 2. The van der Waals surface area contributed by atoms with Gasteiger partial charge < -0.3 is 10.5 Å². The molecule has 0 amide bonds. The molecule has 1 aromatic rings. The number of ether oxygens (including phenoxy) is 1. The Balaban J connectivity index is 2.49. The summed E-state index contributed by atoms with van der Waals surface area (Å²) in [6.45, 7) is 6.93. The monoisotopic (exact) mass is 205 g/mol. The van der Waals surface area contributed by atoms with Crippen LogP contribution in [-0.4, -0.2) is 6.61 Å². The van der Waals surface area contributed by atoms with Crippen molar-refractivity contribution in [1.29, 1.82) is 0 Å². The third-order valence-electron chi connectivity index (χ3n) is 3.29. The van der Waals surface area contributed by atoms with Gasteiger partial charge in [-0.3, -0.25) is 0 Å². The van der Waals surface area contributed by atoms with Crippen molar-refractivity contribution in [1.82, 2.24) is 0 Å². The predicted octanol–water partition coefficient (Wildman–Crippen LogP) is 2.65. The topological polar surface area (TPSA) is 35.2 Å². The Hall–Kier alpha value is -1.02. The lowest BCUT2D eigenvalue weighted by atomic mass is 9.98. The van der Waals surface area contributed by atoms with Crippen LogP contribution in [0.15, 0.2) is 12.1 Å². The number of rotatable bonds is 3. The Kier molecular flexibility index (Phi) is 2.47. The first-order chi connectivity index (χ1) is 7.08. The van der Waals surface area contributed by atoms with Crippen LogP contribution in [0.2, 0.25) is 0 Å². The van der Waals surface area contributed by atoms with E-state index in [-0.39, 0.29) is 5.54 Å². The Morgan fingerprint density at radius 1 is 1.33 bits per heavy atom. The first-order valence-electron chi connectivity index (χ1n) is 5.61. The fraction of sp³-hybridized carbons (Fsp3) is 0.538. The quantitative estimate of drug-likeness (QED) is 0.823. The average molecular weight is 205 g/mol. The summed E-state index contributed by atoms with van der Waals surface area (Å²) in [6.07, 6.45) is 2.16. The Morgan fingerprint density at radius 3 is 2.53 bits per heavy atom. The van der Waals surface area contributed by atoms with Crippen molar-refractivity contribution >= 4 is 0 Å². The molecular weight excluding hydrogens is 186 g/mol. The van der Waals surface area contributed by atoms with Gasteiger partial charge in [0, 0.05) is 11.1 Å². The lowest BCUT2D eigenvalue weighted by molar-refractivity contribution is 0.330. The number of nitrogens with two attached hydrogens (primary N) is 1. The van der Waals surface area contributed by atoms with E-state index in [0.29, 0.717) is 6.61 Å². The summed E-state index contributed by atoms with van der Waals surface area (Å²) in [7, 11) is 0. The van der Waals surface area contributed by atoms with E-state index in [1.54, 1.807) is 0 Å². The molecule has 15 heavy (non-hydrogen) atoms. The third-order valence-corrected chi connectivity index (χ3v) is 3.29. The second-order valence-corrected chi connectivity index (χ2v) is 4.47. The lowest BCUT2D eigenvalue weighted by Crippen LogP contribution is -2.20. The van der Waals surface area contributed by atoms with Crippen molar-refractivity contribution < 1.29 is 4.74 Å². The highest BCUT2D eigenvalue weighted by Crippen LogP contribution is 2.47. The molecule has 0 heterocycles. The van der Waals surface area contributed by atoms with Crippen molar-refractivity contribution in [3.63, 3.8) is 0 Å². The van der Waals surface area contributed by atoms with Crippen molar-refractivity contribution in [2.45, 2.75) is 39.2 Å². The summed E-state index contributed by atoms with van der Waals surface area (Å²) in [4.78, 5) is 0. The molecule has 1 saturated carbocycles. The summed E-state index contributed by atoms with van der Waals surface area (Å²) < 4.78 is 5.74. The van der Waals surface area contributed by atoms with E-state index in [2.05, 4.69) is 26.0 Å². The fourth-order valence-electron chi connectivity index (χ4n) is 1.92. The van der Waals surface area contributed by atoms with Crippen LogP contribution in [0.3, 0.4) is 0 Å². The summed E-state index contributed by atoms with van der Waals surface area (Å²) in [6, 6.07) is 4.26. The van der Waals surface area contributed by atoms with E-state index in [4.69, 9.17) is 10.5 Å². The molecule has 82 valence electrons. The standard InChI is InChI=1S/C13H19NO/c1-4-15-12-10(3)9(2)5-6-11(12)13(14)7-8-13/h5-6H,4,7-8,14H2,1-3H3. The molecule has 2 heteroatoms. The Labute approximate surface area is 91.4 Å². The lowest BCUT2D eigenvalue weighted by Gasteiger charge is -2.18. The van der Waals surface area contributed by atoms with E-state index in [1.807, 2.05) is 6.92 Å². The molecule has 0 spiro atoms. The largest absolute Gasteiger partial charge is 0.493 e. The van der Waals surface area contributed by atoms with Crippen LogP contribution in [0.4, 0.5) is 0 Å². The van der Waals surface area contributed by atoms with Gasteiger partial charge in [-0.1, -0.05) is 12.1 Å². The second kappa shape index (κ2) is 3.53.